The summed E-state index contributed by atoms with van der Waals surface area (Å²) >= 11 is 0. The van der Waals surface area contributed by atoms with Crippen molar-refractivity contribution in [3.63, 3.8) is 0 Å². The van der Waals surface area contributed by atoms with Gasteiger partial charge in [0.25, 0.3) is 0 Å². The maximum Gasteiger partial charge on any atom is 0.128 e. The number of hydrogen-bond acceptors (Lipinski definition) is 5. The highest BCUT2D eigenvalue weighted by Gasteiger charge is 2.41. The predicted molar refractivity (Wildman–Crippen MR) is 86.7 cm³/mol. The van der Waals surface area contributed by atoms with E-state index in [1.54, 1.807) is 6.20 Å². The molecule has 2 saturated heterocycles. The molecule has 2 aliphatic rings. The third-order valence-corrected chi connectivity index (χ3v) is 5.01. The summed E-state index contributed by atoms with van der Waals surface area (Å²) in [6, 6.07) is 6.53. The molecule has 23 heavy (non-hydrogen) atoms. The van der Waals surface area contributed by atoms with Gasteiger partial charge in [-0.3, -0.25) is 9.58 Å². The van der Waals surface area contributed by atoms with Gasteiger partial charge in [0, 0.05) is 50.7 Å². The fourth-order valence-corrected chi connectivity index (χ4v) is 3.86. The summed E-state index contributed by atoms with van der Waals surface area (Å²) in [4.78, 5) is 9.37. The quantitative estimate of drug-likeness (QED) is 0.858. The fraction of sp³-hybridized carbons (Fsp3) is 0.471. The molecule has 2 atom stereocenters. The van der Waals surface area contributed by atoms with Gasteiger partial charge in [-0.05, 0) is 31.0 Å². The Morgan fingerprint density at radius 1 is 1.30 bits per heavy atom. The maximum absolute atomic E-state index is 8.88. The molecule has 0 aromatic carbocycles. The molecule has 0 radical (unpaired) electrons. The lowest BCUT2D eigenvalue weighted by atomic mass is 10.1. The highest BCUT2D eigenvalue weighted by atomic mass is 15.3. The molecule has 6 heteroatoms. The van der Waals surface area contributed by atoms with Crippen molar-refractivity contribution in [1.29, 1.82) is 5.26 Å². The molecule has 2 aromatic heterocycles. The molecule has 4 rings (SSSR count). The molecule has 0 N–H and O–H groups in total. The first-order valence-corrected chi connectivity index (χ1v) is 8.05. The molecule has 2 aromatic rings. The molecule has 4 heterocycles. The molecule has 0 saturated carbocycles. The maximum atomic E-state index is 8.88. The molecule has 118 valence electrons. The van der Waals surface area contributed by atoms with Crippen molar-refractivity contribution in [2.75, 3.05) is 24.5 Å². The molecule has 0 aliphatic carbocycles. The van der Waals surface area contributed by atoms with Gasteiger partial charge in [0.1, 0.15) is 11.9 Å². The zero-order valence-electron chi connectivity index (χ0n) is 13.3. The minimum atomic E-state index is 0.590. The van der Waals surface area contributed by atoms with Crippen LogP contribution in [0.1, 0.15) is 17.5 Å². The average Bonchev–Trinajstić information content (AvgIpc) is 3.25. The number of rotatable bonds is 3. The Morgan fingerprint density at radius 3 is 2.91 bits per heavy atom. The van der Waals surface area contributed by atoms with Crippen LogP contribution < -0.4 is 4.90 Å². The second-order valence-corrected chi connectivity index (χ2v) is 6.53. The number of anilines is 1. The van der Waals surface area contributed by atoms with Gasteiger partial charge in [-0.2, -0.15) is 10.4 Å². The monoisotopic (exact) mass is 308 g/mol. The van der Waals surface area contributed by atoms with Gasteiger partial charge < -0.3 is 4.90 Å². The lowest BCUT2D eigenvalue weighted by Crippen LogP contribution is -2.34. The SMILES string of the molecule is Cn1cc(CN2CCC3CN(c4ccc(C#N)cn4)CC32)cn1. The van der Waals surface area contributed by atoms with E-state index in [4.69, 9.17) is 5.26 Å². The van der Waals surface area contributed by atoms with Gasteiger partial charge in [-0.1, -0.05) is 0 Å². The van der Waals surface area contributed by atoms with Crippen LogP contribution in [0.5, 0.6) is 0 Å². The Balaban J connectivity index is 1.45. The Hall–Kier alpha value is -2.39. The number of pyridine rings is 1. The molecule has 2 fully saturated rings. The third-order valence-electron chi connectivity index (χ3n) is 5.01. The minimum absolute atomic E-state index is 0.590. The van der Waals surface area contributed by atoms with Crippen molar-refractivity contribution in [3.8, 4) is 6.07 Å². The van der Waals surface area contributed by atoms with Crippen LogP contribution in [0.4, 0.5) is 5.82 Å². The number of fused-ring (bicyclic) bond motifs is 1. The van der Waals surface area contributed by atoms with Gasteiger partial charge in [0.2, 0.25) is 0 Å². The molecular weight excluding hydrogens is 288 g/mol. The van der Waals surface area contributed by atoms with E-state index in [0.717, 1.165) is 25.5 Å². The van der Waals surface area contributed by atoms with Crippen LogP contribution in [0.3, 0.4) is 0 Å². The molecule has 0 amide bonds. The first-order valence-electron chi connectivity index (χ1n) is 8.05. The lowest BCUT2D eigenvalue weighted by Gasteiger charge is -2.24. The fourth-order valence-electron chi connectivity index (χ4n) is 3.86. The van der Waals surface area contributed by atoms with E-state index in [0.29, 0.717) is 17.5 Å². The van der Waals surface area contributed by atoms with E-state index >= 15 is 0 Å². The Kier molecular flexibility index (Phi) is 3.50. The Bertz CT molecular complexity index is 728. The Labute approximate surface area is 136 Å². The summed E-state index contributed by atoms with van der Waals surface area (Å²) < 4.78 is 1.87. The second kappa shape index (κ2) is 5.67. The molecule has 2 aliphatic heterocycles. The van der Waals surface area contributed by atoms with Crippen LogP contribution in [-0.4, -0.2) is 45.3 Å². The number of aryl methyl sites for hydroxylation is 1. The summed E-state index contributed by atoms with van der Waals surface area (Å²) in [6.45, 7) is 4.22. The number of aromatic nitrogens is 3. The van der Waals surface area contributed by atoms with E-state index < -0.39 is 0 Å². The third kappa shape index (κ3) is 2.68. The standard InChI is InChI=1S/C17H20N6/c1-21-9-14(8-20-21)10-22-5-4-15-11-23(12-16(15)22)17-3-2-13(6-18)7-19-17/h2-3,7-9,15-16H,4-5,10-12H2,1H3. The van der Waals surface area contributed by atoms with Crippen LogP contribution in [0.2, 0.25) is 0 Å². The van der Waals surface area contributed by atoms with Crippen molar-refractivity contribution in [2.24, 2.45) is 13.0 Å². The highest BCUT2D eigenvalue weighted by molar-refractivity contribution is 5.43. The van der Waals surface area contributed by atoms with Crippen molar-refractivity contribution in [2.45, 2.75) is 19.0 Å². The predicted octanol–water partition coefficient (Wildman–Crippen LogP) is 1.40. The summed E-state index contributed by atoms with van der Waals surface area (Å²) in [6.07, 6.45) is 6.97. The topological polar surface area (TPSA) is 61.0 Å². The number of nitriles is 1. The van der Waals surface area contributed by atoms with Gasteiger partial charge >= 0.3 is 0 Å². The molecule has 2 unspecified atom stereocenters. The van der Waals surface area contributed by atoms with Crippen LogP contribution in [0, 0.1) is 17.2 Å². The zero-order chi connectivity index (χ0) is 15.8. The van der Waals surface area contributed by atoms with E-state index in [9.17, 15) is 0 Å². The van der Waals surface area contributed by atoms with Crippen LogP contribution in [0.15, 0.2) is 30.7 Å². The molecule has 6 nitrogen and oxygen atoms in total. The second-order valence-electron chi connectivity index (χ2n) is 6.53. The minimum Gasteiger partial charge on any atom is -0.355 e. The van der Waals surface area contributed by atoms with E-state index in [1.165, 1.54) is 18.5 Å². The van der Waals surface area contributed by atoms with Crippen LogP contribution in [0.25, 0.3) is 0 Å². The van der Waals surface area contributed by atoms with Crippen molar-refractivity contribution in [3.05, 3.63) is 41.9 Å². The molecule has 0 spiro atoms. The van der Waals surface area contributed by atoms with Crippen LogP contribution in [-0.2, 0) is 13.6 Å². The normalized spacial score (nSPS) is 23.9. The molecule has 0 bridgehead atoms. The lowest BCUT2D eigenvalue weighted by molar-refractivity contribution is 0.245. The van der Waals surface area contributed by atoms with E-state index in [2.05, 4.69) is 32.1 Å². The highest BCUT2D eigenvalue weighted by Crippen LogP contribution is 2.34. The summed E-state index contributed by atoms with van der Waals surface area (Å²) in [5.74, 6) is 1.70. The zero-order valence-corrected chi connectivity index (χ0v) is 13.3. The van der Waals surface area contributed by atoms with E-state index in [-0.39, 0.29) is 0 Å². The van der Waals surface area contributed by atoms with Gasteiger partial charge in [0.05, 0.1) is 11.8 Å². The average molecular weight is 308 g/mol. The van der Waals surface area contributed by atoms with Gasteiger partial charge in [-0.25, -0.2) is 4.98 Å². The summed E-state index contributed by atoms with van der Waals surface area (Å²) in [5.41, 5.74) is 1.90. The van der Waals surface area contributed by atoms with Crippen molar-refractivity contribution in [1.82, 2.24) is 19.7 Å². The van der Waals surface area contributed by atoms with Crippen LogP contribution >= 0.6 is 0 Å². The summed E-state index contributed by atoms with van der Waals surface area (Å²) in [7, 11) is 1.96. The van der Waals surface area contributed by atoms with Crippen molar-refractivity contribution < 1.29 is 0 Å². The first-order chi connectivity index (χ1) is 11.2. The number of hydrogen-bond donors (Lipinski definition) is 0. The van der Waals surface area contributed by atoms with Crippen molar-refractivity contribution >= 4 is 5.82 Å². The smallest absolute Gasteiger partial charge is 0.128 e. The molecular formula is C17H20N6. The first kappa shape index (κ1) is 14.2. The summed E-state index contributed by atoms with van der Waals surface area (Å²) in [5, 5.41) is 13.2. The van der Waals surface area contributed by atoms with Gasteiger partial charge in [-0.15, -0.1) is 0 Å². The Morgan fingerprint density at radius 2 is 2.22 bits per heavy atom. The van der Waals surface area contributed by atoms with Gasteiger partial charge in [0.15, 0.2) is 0 Å². The largest absolute Gasteiger partial charge is 0.355 e. The number of likely N-dealkylation sites (tertiary alicyclic amines) is 1. The van der Waals surface area contributed by atoms with E-state index in [1.807, 2.05) is 30.1 Å². The number of nitrogens with zero attached hydrogens (tertiary/aromatic N) is 6.